The van der Waals surface area contributed by atoms with Crippen LogP contribution in [0, 0.1) is 5.41 Å². The monoisotopic (exact) mass is 557 g/mol. The first-order valence-electron chi connectivity index (χ1n) is 14.0. The molecule has 2 amide bonds. The van der Waals surface area contributed by atoms with E-state index in [1.165, 1.54) is 4.90 Å². The molecule has 2 heterocycles. The molecule has 0 saturated carbocycles. The van der Waals surface area contributed by atoms with E-state index < -0.39 is 40.3 Å². The van der Waals surface area contributed by atoms with Crippen molar-refractivity contribution in [2.24, 2.45) is 5.41 Å². The van der Waals surface area contributed by atoms with Crippen LogP contribution in [0.25, 0.3) is 0 Å². The zero-order valence-electron chi connectivity index (χ0n) is 24.9. The summed E-state index contributed by atoms with van der Waals surface area (Å²) in [6.45, 7) is 10.8. The largest absolute Gasteiger partial charge is 0.493 e. The maximum absolute atomic E-state index is 13.4. The van der Waals surface area contributed by atoms with Crippen LogP contribution in [0.15, 0.2) is 24.0 Å². The molecule has 10 nitrogen and oxygen atoms in total. The molecule has 2 bridgehead atoms. The fraction of sp³-hybridized carbons (Fsp3) is 0.667. The molecule has 1 aromatic rings. The summed E-state index contributed by atoms with van der Waals surface area (Å²) in [6.07, 6.45) is 1.89. The number of carbonyl (C=O) groups excluding carboxylic acids is 2. The Labute approximate surface area is 236 Å². The molecule has 220 valence electrons. The number of benzene rings is 1. The van der Waals surface area contributed by atoms with Gasteiger partial charge in [-0.05, 0) is 70.3 Å². The van der Waals surface area contributed by atoms with Crippen LogP contribution in [-0.4, -0.2) is 91.3 Å². The molecule has 1 fully saturated rings. The Bertz CT molecular complexity index is 1240. The Kier molecular flexibility index (Phi) is 6.81. The minimum absolute atomic E-state index is 0.0753. The van der Waals surface area contributed by atoms with Gasteiger partial charge in [0.1, 0.15) is 11.4 Å². The van der Waals surface area contributed by atoms with E-state index in [0.717, 1.165) is 24.1 Å². The van der Waals surface area contributed by atoms with E-state index in [-0.39, 0.29) is 6.04 Å². The molecule has 4 unspecified atom stereocenters. The van der Waals surface area contributed by atoms with Gasteiger partial charge in [-0.2, -0.15) is 0 Å². The van der Waals surface area contributed by atoms with E-state index in [2.05, 4.69) is 23.3 Å². The summed E-state index contributed by atoms with van der Waals surface area (Å²) in [5.41, 5.74) is -0.700. The molecule has 1 saturated heterocycles. The van der Waals surface area contributed by atoms with E-state index in [1.807, 2.05) is 46.8 Å². The molecule has 4 aliphatic rings. The third-order valence-electron chi connectivity index (χ3n) is 8.85. The zero-order valence-corrected chi connectivity index (χ0v) is 24.9. The van der Waals surface area contributed by atoms with Gasteiger partial charge in [0.25, 0.3) is 0 Å². The highest BCUT2D eigenvalue weighted by atomic mass is 16.6. The first kappa shape index (κ1) is 28.5. The number of hydrogen-bond acceptors (Lipinski definition) is 8. The average Bonchev–Trinajstić information content (AvgIpc) is 3.21. The molecule has 1 spiro atoms. The number of amides is 2. The lowest BCUT2D eigenvalue weighted by atomic mass is 9.50. The summed E-state index contributed by atoms with van der Waals surface area (Å²) < 4.78 is 23.6. The Hall–Kier alpha value is -2.98. The summed E-state index contributed by atoms with van der Waals surface area (Å²) in [7, 11) is 5.34. The van der Waals surface area contributed by atoms with Crippen LogP contribution in [0.1, 0.15) is 58.6 Å². The molecule has 0 aromatic heterocycles. The van der Waals surface area contributed by atoms with Gasteiger partial charge in [0.05, 0.1) is 18.1 Å². The molecule has 4 atom stereocenters. The smallest absolute Gasteiger partial charge is 0.414 e. The number of carbonyl (C=O) groups is 2. The van der Waals surface area contributed by atoms with Crippen LogP contribution in [0.5, 0.6) is 11.5 Å². The van der Waals surface area contributed by atoms with Crippen molar-refractivity contribution in [2.75, 3.05) is 40.8 Å². The van der Waals surface area contributed by atoms with Crippen molar-refractivity contribution in [3.05, 3.63) is 35.1 Å². The van der Waals surface area contributed by atoms with Gasteiger partial charge >= 0.3 is 12.2 Å². The van der Waals surface area contributed by atoms with Crippen LogP contribution in [-0.2, 0) is 21.3 Å². The van der Waals surface area contributed by atoms with Crippen LogP contribution in [0.3, 0.4) is 0 Å². The number of ether oxygens (including phenoxy) is 4. The van der Waals surface area contributed by atoms with Gasteiger partial charge in [-0.15, -0.1) is 0 Å². The van der Waals surface area contributed by atoms with Crippen molar-refractivity contribution in [3.8, 4) is 11.5 Å². The first-order chi connectivity index (χ1) is 18.6. The fourth-order valence-electron chi connectivity index (χ4n) is 7.15. The molecule has 5 rings (SSSR count). The van der Waals surface area contributed by atoms with Gasteiger partial charge in [-0.1, -0.05) is 19.9 Å². The molecule has 0 radical (unpaired) electrons. The van der Waals surface area contributed by atoms with Gasteiger partial charge in [-0.25, -0.2) is 9.59 Å². The summed E-state index contributed by atoms with van der Waals surface area (Å²) in [5, 5.41) is 15.1. The lowest BCUT2D eigenvalue weighted by Crippen LogP contribution is -2.74. The number of alkyl carbamates (subject to hydrolysis) is 1. The van der Waals surface area contributed by atoms with Gasteiger partial charge < -0.3 is 39.2 Å². The number of aliphatic hydroxyl groups is 1. The Morgan fingerprint density at radius 2 is 1.98 bits per heavy atom. The highest BCUT2D eigenvalue weighted by Crippen LogP contribution is 2.65. The molecule has 2 aliphatic heterocycles. The highest BCUT2D eigenvalue weighted by molar-refractivity contribution is 5.70. The van der Waals surface area contributed by atoms with Crippen LogP contribution in [0.2, 0.25) is 0 Å². The van der Waals surface area contributed by atoms with E-state index in [1.54, 1.807) is 14.2 Å². The predicted octanol–water partition coefficient (Wildman–Crippen LogP) is 3.59. The van der Waals surface area contributed by atoms with Crippen molar-refractivity contribution in [1.82, 2.24) is 15.1 Å². The Balaban J connectivity index is 1.35. The molecular formula is C30H43N3O7. The van der Waals surface area contributed by atoms with E-state index in [9.17, 15) is 14.7 Å². The van der Waals surface area contributed by atoms with Gasteiger partial charge in [-0.3, -0.25) is 0 Å². The Morgan fingerprint density at radius 1 is 1.25 bits per heavy atom. The summed E-state index contributed by atoms with van der Waals surface area (Å²) in [6, 6.07) is 3.91. The second-order valence-electron chi connectivity index (χ2n) is 13.5. The molecule has 2 N–H and O–H groups in total. The zero-order chi connectivity index (χ0) is 29.3. The number of likely N-dealkylation sites (N-methyl/N-ethyl adjacent to an activating group) is 1. The normalized spacial score (nSPS) is 28.6. The SMILES string of the molecule is COc1ccc2c3c1OC1C(OC(=O)N(C)CC(C)(C)CNC(=O)OC(C)(C)C)=CCC4(O)C(C2)N(C)CCC314. The lowest BCUT2D eigenvalue weighted by molar-refractivity contribution is -0.163. The average molecular weight is 558 g/mol. The van der Waals surface area contributed by atoms with E-state index in [0.29, 0.717) is 43.2 Å². The number of nitrogens with one attached hydrogen (secondary N) is 1. The standard InChI is InChI=1S/C30H43N3O7/c1-27(2,3)40-25(34)31-16-28(4,5)17-33(7)26(35)38-20-11-12-30(36)21-15-18-9-10-19(37-8)23-22(18)29(30,24(20)39-23)13-14-32(21)6/h9-11,21,24,36H,12-17H2,1-8H3,(H,31,34). The maximum atomic E-state index is 13.4. The number of nitrogens with zero attached hydrogens (tertiary/aromatic N) is 2. The highest BCUT2D eigenvalue weighted by Gasteiger charge is 2.72. The summed E-state index contributed by atoms with van der Waals surface area (Å²) in [4.78, 5) is 29.2. The molecular weight excluding hydrogens is 514 g/mol. The molecule has 1 aromatic carbocycles. The van der Waals surface area contributed by atoms with Crippen LogP contribution < -0.4 is 14.8 Å². The Morgan fingerprint density at radius 3 is 2.65 bits per heavy atom. The number of piperidine rings is 1. The molecule has 2 aliphatic carbocycles. The summed E-state index contributed by atoms with van der Waals surface area (Å²) >= 11 is 0. The predicted molar refractivity (Wildman–Crippen MR) is 149 cm³/mol. The molecule has 10 heteroatoms. The van der Waals surface area contributed by atoms with Gasteiger partial charge in [0, 0.05) is 38.2 Å². The third kappa shape index (κ3) is 4.49. The van der Waals surface area contributed by atoms with Gasteiger partial charge in [0.15, 0.2) is 17.6 Å². The maximum Gasteiger partial charge on any atom is 0.414 e. The van der Waals surface area contributed by atoms with Crippen molar-refractivity contribution < 1.29 is 33.6 Å². The third-order valence-corrected chi connectivity index (χ3v) is 8.85. The topological polar surface area (TPSA) is 110 Å². The van der Waals surface area contributed by atoms with E-state index in [4.69, 9.17) is 18.9 Å². The van der Waals surface area contributed by atoms with Crippen LogP contribution in [0.4, 0.5) is 9.59 Å². The van der Waals surface area contributed by atoms with Crippen molar-refractivity contribution in [1.29, 1.82) is 0 Å². The van der Waals surface area contributed by atoms with E-state index >= 15 is 0 Å². The molecule has 40 heavy (non-hydrogen) atoms. The van der Waals surface area contributed by atoms with Crippen molar-refractivity contribution in [2.45, 2.75) is 82.6 Å². The second-order valence-corrected chi connectivity index (χ2v) is 13.5. The number of hydrogen-bond donors (Lipinski definition) is 2. The van der Waals surface area contributed by atoms with Crippen LogP contribution >= 0.6 is 0 Å². The number of methoxy groups -OCH3 is 1. The number of likely N-dealkylation sites (tertiary alicyclic amines) is 1. The van der Waals surface area contributed by atoms with Crippen molar-refractivity contribution >= 4 is 12.2 Å². The lowest BCUT2D eigenvalue weighted by Gasteiger charge is -2.61. The minimum Gasteiger partial charge on any atom is -0.493 e. The second kappa shape index (κ2) is 9.55. The first-order valence-corrected chi connectivity index (χ1v) is 14.0. The van der Waals surface area contributed by atoms with Crippen molar-refractivity contribution in [3.63, 3.8) is 0 Å². The number of rotatable bonds is 6. The quantitative estimate of drug-likeness (QED) is 0.546. The van der Waals surface area contributed by atoms with Gasteiger partial charge in [0.2, 0.25) is 0 Å². The minimum atomic E-state index is -1.06. The fourth-order valence-corrected chi connectivity index (χ4v) is 7.15. The summed E-state index contributed by atoms with van der Waals surface area (Å²) in [5.74, 6) is 1.67.